The predicted molar refractivity (Wildman–Crippen MR) is 110 cm³/mol. The zero-order chi connectivity index (χ0) is 19.7. The number of ether oxygens (including phenoxy) is 1. The smallest absolute Gasteiger partial charge is 0.156 e. The van der Waals surface area contributed by atoms with Gasteiger partial charge < -0.3 is 15.0 Å². The zero-order valence-electron chi connectivity index (χ0n) is 16.6. The van der Waals surface area contributed by atoms with Crippen LogP contribution in [0.4, 0.5) is 0 Å². The first-order valence-electron chi connectivity index (χ1n) is 10.4. The van der Waals surface area contributed by atoms with Crippen molar-refractivity contribution in [3.8, 4) is 5.75 Å². The number of carbonyl (C=O) groups excluding carboxylic acids is 1. The Balaban J connectivity index is 1.70. The highest BCUT2D eigenvalue weighted by atomic mass is 16.5. The molecule has 0 saturated carbocycles. The SMILES string of the molecule is CCOc1ccc2c(c1)CCC1C2C(=O)C(CC)N([O-])C1Cc1ccccc1. The molecule has 2 aromatic rings. The summed E-state index contributed by atoms with van der Waals surface area (Å²) in [6.45, 7) is 4.55. The van der Waals surface area contributed by atoms with Crippen molar-refractivity contribution in [3.05, 3.63) is 70.4 Å². The Bertz CT molecular complexity index is 835. The lowest BCUT2D eigenvalue weighted by Gasteiger charge is -2.54. The van der Waals surface area contributed by atoms with Gasteiger partial charge in [0.15, 0.2) is 5.78 Å². The first-order chi connectivity index (χ1) is 13.6. The molecule has 4 unspecified atom stereocenters. The number of hydrogen-bond acceptors (Lipinski definition) is 4. The molecule has 4 nitrogen and oxygen atoms in total. The number of carbonyl (C=O) groups is 1. The van der Waals surface area contributed by atoms with Crippen LogP contribution in [-0.4, -0.2) is 29.5 Å². The van der Waals surface area contributed by atoms with E-state index in [9.17, 15) is 10.0 Å². The van der Waals surface area contributed by atoms with Crippen molar-refractivity contribution >= 4 is 5.78 Å². The summed E-state index contributed by atoms with van der Waals surface area (Å²) in [5.41, 5.74) is 3.47. The van der Waals surface area contributed by atoms with Crippen LogP contribution in [0.25, 0.3) is 0 Å². The Morgan fingerprint density at radius 1 is 1.14 bits per heavy atom. The molecular formula is C24H28NO3-. The van der Waals surface area contributed by atoms with E-state index in [-0.39, 0.29) is 23.7 Å². The van der Waals surface area contributed by atoms with E-state index in [2.05, 4.69) is 24.3 Å². The van der Waals surface area contributed by atoms with Crippen LogP contribution in [0, 0.1) is 11.1 Å². The van der Waals surface area contributed by atoms with Crippen molar-refractivity contribution in [2.24, 2.45) is 5.92 Å². The Labute approximate surface area is 167 Å². The molecule has 0 radical (unpaired) electrons. The standard InChI is InChI=1S/C24H28NO3/c1-3-21-24(26)23-19-13-11-18(28-4-2)15-17(19)10-12-20(23)22(25(21)27)14-16-8-6-5-7-9-16/h5-9,11,13,15,20-23H,3-4,10,12,14H2,1-2H3/q-1. The van der Waals surface area contributed by atoms with Crippen LogP contribution >= 0.6 is 0 Å². The number of piperidine rings is 1. The summed E-state index contributed by atoms with van der Waals surface area (Å²) in [5.74, 6) is 0.847. The van der Waals surface area contributed by atoms with Crippen molar-refractivity contribution in [2.75, 3.05) is 6.61 Å². The number of fused-ring (bicyclic) bond motifs is 3. The molecule has 2 aliphatic rings. The third-order valence-electron chi connectivity index (χ3n) is 6.37. The summed E-state index contributed by atoms with van der Waals surface area (Å²) < 4.78 is 5.65. The van der Waals surface area contributed by atoms with Crippen molar-refractivity contribution in [2.45, 2.75) is 57.5 Å². The molecule has 1 fully saturated rings. The Morgan fingerprint density at radius 3 is 2.64 bits per heavy atom. The van der Waals surface area contributed by atoms with Crippen LogP contribution in [0.5, 0.6) is 5.75 Å². The van der Waals surface area contributed by atoms with Gasteiger partial charge in [-0.15, -0.1) is 0 Å². The van der Waals surface area contributed by atoms with E-state index in [0.29, 0.717) is 19.4 Å². The molecule has 1 saturated heterocycles. The molecular weight excluding hydrogens is 350 g/mol. The fourth-order valence-corrected chi connectivity index (χ4v) is 5.09. The fraction of sp³-hybridized carbons (Fsp3) is 0.458. The molecule has 4 heteroatoms. The van der Waals surface area contributed by atoms with Gasteiger partial charge in [0.05, 0.1) is 12.6 Å². The van der Waals surface area contributed by atoms with Gasteiger partial charge in [-0.25, -0.2) is 0 Å². The second-order valence-electron chi connectivity index (χ2n) is 7.92. The fourth-order valence-electron chi connectivity index (χ4n) is 5.09. The summed E-state index contributed by atoms with van der Waals surface area (Å²) in [7, 11) is 0. The first-order valence-corrected chi connectivity index (χ1v) is 10.4. The highest BCUT2D eigenvalue weighted by molar-refractivity contribution is 5.92. The van der Waals surface area contributed by atoms with Gasteiger partial charge in [-0.1, -0.05) is 43.3 Å². The number of aryl methyl sites for hydroxylation is 1. The average molecular weight is 378 g/mol. The largest absolute Gasteiger partial charge is 0.784 e. The molecule has 28 heavy (non-hydrogen) atoms. The van der Waals surface area contributed by atoms with Crippen molar-refractivity contribution in [3.63, 3.8) is 0 Å². The molecule has 2 aromatic carbocycles. The molecule has 148 valence electrons. The number of benzene rings is 2. The maximum Gasteiger partial charge on any atom is 0.156 e. The van der Waals surface area contributed by atoms with E-state index < -0.39 is 6.04 Å². The Morgan fingerprint density at radius 2 is 1.93 bits per heavy atom. The molecule has 0 amide bonds. The van der Waals surface area contributed by atoms with Crippen LogP contribution < -0.4 is 4.74 Å². The van der Waals surface area contributed by atoms with Gasteiger partial charge in [-0.2, -0.15) is 0 Å². The number of rotatable bonds is 5. The minimum atomic E-state index is -0.549. The number of nitrogens with zero attached hydrogens (tertiary/aromatic N) is 1. The van der Waals surface area contributed by atoms with Crippen molar-refractivity contribution in [1.29, 1.82) is 0 Å². The van der Waals surface area contributed by atoms with Crippen LogP contribution in [0.3, 0.4) is 0 Å². The Hall–Kier alpha value is -2.17. The van der Waals surface area contributed by atoms with E-state index in [1.54, 1.807) is 0 Å². The van der Waals surface area contributed by atoms with E-state index in [1.165, 1.54) is 5.56 Å². The van der Waals surface area contributed by atoms with E-state index >= 15 is 0 Å². The summed E-state index contributed by atoms with van der Waals surface area (Å²) in [6, 6.07) is 15.6. The van der Waals surface area contributed by atoms with Gasteiger partial charge in [0.1, 0.15) is 5.75 Å². The number of hydrogen-bond donors (Lipinski definition) is 0. The summed E-state index contributed by atoms with van der Waals surface area (Å²) in [5, 5.41) is 14.3. The molecule has 1 aliphatic carbocycles. The summed E-state index contributed by atoms with van der Waals surface area (Å²) >= 11 is 0. The minimum absolute atomic E-state index is 0.0680. The number of Topliss-reactive ketones (excluding diaryl/α,β-unsaturated/α-hetero) is 1. The molecule has 0 bridgehead atoms. The predicted octanol–water partition coefficient (Wildman–Crippen LogP) is 4.50. The van der Waals surface area contributed by atoms with Crippen LogP contribution in [0.1, 0.15) is 49.3 Å². The van der Waals surface area contributed by atoms with Gasteiger partial charge in [0.2, 0.25) is 0 Å². The van der Waals surface area contributed by atoms with E-state index in [1.807, 2.05) is 38.1 Å². The molecule has 4 atom stereocenters. The van der Waals surface area contributed by atoms with Gasteiger partial charge in [-0.3, -0.25) is 4.79 Å². The summed E-state index contributed by atoms with van der Waals surface area (Å²) in [6.07, 6.45) is 3.01. The van der Waals surface area contributed by atoms with Crippen molar-refractivity contribution < 1.29 is 9.53 Å². The van der Waals surface area contributed by atoms with Gasteiger partial charge >= 0.3 is 0 Å². The minimum Gasteiger partial charge on any atom is -0.784 e. The molecule has 1 aliphatic heterocycles. The average Bonchev–Trinajstić information content (AvgIpc) is 2.72. The maximum atomic E-state index is 13.3. The van der Waals surface area contributed by atoms with E-state index in [0.717, 1.165) is 34.8 Å². The van der Waals surface area contributed by atoms with Gasteiger partial charge in [0.25, 0.3) is 0 Å². The first kappa shape index (κ1) is 19.2. The van der Waals surface area contributed by atoms with Crippen LogP contribution in [0.15, 0.2) is 48.5 Å². The van der Waals surface area contributed by atoms with Crippen molar-refractivity contribution in [1.82, 2.24) is 5.06 Å². The Kier molecular flexibility index (Phi) is 5.51. The topological polar surface area (TPSA) is 52.6 Å². The monoisotopic (exact) mass is 378 g/mol. The third kappa shape index (κ3) is 3.36. The third-order valence-corrected chi connectivity index (χ3v) is 6.37. The second-order valence-corrected chi connectivity index (χ2v) is 7.92. The molecule has 0 aromatic heterocycles. The zero-order valence-corrected chi connectivity index (χ0v) is 16.6. The van der Waals surface area contributed by atoms with Crippen LogP contribution in [-0.2, 0) is 17.6 Å². The lowest BCUT2D eigenvalue weighted by Crippen LogP contribution is -2.57. The normalized spacial score (nSPS) is 27.2. The maximum absolute atomic E-state index is 13.3. The van der Waals surface area contributed by atoms with Gasteiger partial charge in [0, 0.05) is 12.0 Å². The van der Waals surface area contributed by atoms with E-state index in [4.69, 9.17) is 4.74 Å². The number of ketones is 1. The lowest BCUT2D eigenvalue weighted by molar-refractivity contribution is -0.133. The number of hydroxylamine groups is 2. The van der Waals surface area contributed by atoms with Crippen LogP contribution in [0.2, 0.25) is 0 Å². The molecule has 0 spiro atoms. The summed E-state index contributed by atoms with van der Waals surface area (Å²) in [4.78, 5) is 13.3. The lowest BCUT2D eigenvalue weighted by atomic mass is 9.65. The van der Waals surface area contributed by atoms with Gasteiger partial charge in [-0.05, 0) is 67.3 Å². The highest BCUT2D eigenvalue weighted by Crippen LogP contribution is 2.46. The molecule has 0 N–H and O–H groups in total. The molecule has 1 heterocycles. The highest BCUT2D eigenvalue weighted by Gasteiger charge is 2.47. The molecule has 4 rings (SSSR count). The second kappa shape index (κ2) is 8.06. The quantitative estimate of drug-likeness (QED) is 0.768.